The van der Waals surface area contributed by atoms with E-state index in [1.807, 2.05) is 32.0 Å². The van der Waals surface area contributed by atoms with Crippen LogP contribution < -0.4 is 5.73 Å². The SMILES string of the molecule is CC(C)CN(CCC#N)C(=O)/C=C/c1cccc(N)c1. The Kier molecular flexibility index (Phi) is 6.31. The molecular weight excluding hydrogens is 250 g/mol. The van der Waals surface area contributed by atoms with Crippen LogP contribution in [0.15, 0.2) is 30.3 Å². The lowest BCUT2D eigenvalue weighted by molar-refractivity contribution is -0.126. The van der Waals surface area contributed by atoms with Crippen LogP contribution in [0.4, 0.5) is 5.69 Å². The summed E-state index contributed by atoms with van der Waals surface area (Å²) in [5.41, 5.74) is 7.25. The normalized spacial score (nSPS) is 10.7. The molecule has 0 fully saturated rings. The van der Waals surface area contributed by atoms with Crippen molar-refractivity contribution in [3.63, 3.8) is 0 Å². The van der Waals surface area contributed by atoms with Gasteiger partial charge in [0, 0.05) is 24.9 Å². The van der Waals surface area contributed by atoms with Crippen molar-refractivity contribution in [1.82, 2.24) is 4.90 Å². The van der Waals surface area contributed by atoms with Crippen molar-refractivity contribution in [3.8, 4) is 6.07 Å². The van der Waals surface area contributed by atoms with Crippen molar-refractivity contribution in [2.24, 2.45) is 5.92 Å². The number of hydrogen-bond donors (Lipinski definition) is 1. The number of nitriles is 1. The zero-order chi connectivity index (χ0) is 15.0. The average Bonchev–Trinajstić information content (AvgIpc) is 2.40. The zero-order valence-corrected chi connectivity index (χ0v) is 12.0. The Labute approximate surface area is 120 Å². The summed E-state index contributed by atoms with van der Waals surface area (Å²) < 4.78 is 0. The van der Waals surface area contributed by atoms with E-state index in [0.29, 0.717) is 31.1 Å². The topological polar surface area (TPSA) is 70.1 Å². The van der Waals surface area contributed by atoms with Crippen molar-refractivity contribution in [2.45, 2.75) is 20.3 Å². The maximum atomic E-state index is 12.1. The minimum atomic E-state index is -0.0728. The molecule has 0 spiro atoms. The molecule has 1 rings (SSSR count). The number of carbonyl (C=O) groups excluding carboxylic acids is 1. The van der Waals surface area contributed by atoms with E-state index in [9.17, 15) is 4.79 Å². The van der Waals surface area contributed by atoms with Crippen molar-refractivity contribution in [3.05, 3.63) is 35.9 Å². The molecule has 0 aliphatic rings. The fraction of sp³-hybridized carbons (Fsp3) is 0.375. The lowest BCUT2D eigenvalue weighted by Crippen LogP contribution is -2.33. The summed E-state index contributed by atoms with van der Waals surface area (Å²) in [5.74, 6) is 0.301. The van der Waals surface area contributed by atoms with E-state index < -0.39 is 0 Å². The largest absolute Gasteiger partial charge is 0.399 e. The summed E-state index contributed by atoms with van der Waals surface area (Å²) in [7, 11) is 0. The Bertz CT molecular complexity index is 515. The predicted molar refractivity (Wildman–Crippen MR) is 81.5 cm³/mol. The second kappa shape index (κ2) is 8.00. The van der Waals surface area contributed by atoms with E-state index in [1.54, 1.807) is 17.0 Å². The second-order valence-electron chi connectivity index (χ2n) is 5.09. The van der Waals surface area contributed by atoms with Gasteiger partial charge in [-0.2, -0.15) is 5.26 Å². The van der Waals surface area contributed by atoms with Gasteiger partial charge in [-0.25, -0.2) is 0 Å². The first-order chi connectivity index (χ1) is 9.52. The number of carbonyl (C=O) groups is 1. The highest BCUT2D eigenvalue weighted by Crippen LogP contribution is 2.09. The molecule has 2 N–H and O–H groups in total. The summed E-state index contributed by atoms with van der Waals surface area (Å²) in [6.45, 7) is 5.22. The Morgan fingerprint density at radius 1 is 1.50 bits per heavy atom. The molecule has 0 aromatic heterocycles. The minimum Gasteiger partial charge on any atom is -0.399 e. The van der Waals surface area contributed by atoms with Gasteiger partial charge >= 0.3 is 0 Å². The molecule has 1 aromatic carbocycles. The molecule has 0 saturated carbocycles. The quantitative estimate of drug-likeness (QED) is 0.638. The van der Waals surface area contributed by atoms with E-state index in [1.165, 1.54) is 6.08 Å². The summed E-state index contributed by atoms with van der Waals surface area (Å²) in [5, 5.41) is 8.65. The van der Waals surface area contributed by atoms with Crippen LogP contribution in [0.5, 0.6) is 0 Å². The molecule has 0 unspecified atom stereocenters. The number of amides is 1. The molecular formula is C16H21N3O. The molecule has 4 heteroatoms. The molecule has 0 aliphatic carbocycles. The van der Waals surface area contributed by atoms with Crippen LogP contribution >= 0.6 is 0 Å². The van der Waals surface area contributed by atoms with Gasteiger partial charge in [-0.05, 0) is 29.7 Å². The standard InChI is InChI=1S/C16H21N3O/c1-13(2)12-19(10-4-9-17)16(20)8-7-14-5-3-6-15(18)11-14/h3,5-8,11,13H,4,10,12,18H2,1-2H3/b8-7+. The maximum absolute atomic E-state index is 12.1. The number of anilines is 1. The molecule has 0 heterocycles. The van der Waals surface area contributed by atoms with Gasteiger partial charge in [0.2, 0.25) is 5.91 Å². The van der Waals surface area contributed by atoms with Crippen LogP contribution in [0.2, 0.25) is 0 Å². The lowest BCUT2D eigenvalue weighted by Gasteiger charge is -2.22. The summed E-state index contributed by atoms with van der Waals surface area (Å²) in [6.07, 6.45) is 3.64. The van der Waals surface area contributed by atoms with Gasteiger partial charge in [0.25, 0.3) is 0 Å². The monoisotopic (exact) mass is 271 g/mol. The molecule has 0 atom stereocenters. The summed E-state index contributed by atoms with van der Waals surface area (Å²) in [4.78, 5) is 13.8. The van der Waals surface area contributed by atoms with Crippen LogP contribution in [0, 0.1) is 17.2 Å². The van der Waals surface area contributed by atoms with Crippen molar-refractivity contribution >= 4 is 17.7 Å². The summed E-state index contributed by atoms with van der Waals surface area (Å²) >= 11 is 0. The third-order valence-electron chi connectivity index (χ3n) is 2.72. The molecule has 0 saturated heterocycles. The molecule has 4 nitrogen and oxygen atoms in total. The van der Waals surface area contributed by atoms with Crippen molar-refractivity contribution in [1.29, 1.82) is 5.26 Å². The first kappa shape index (κ1) is 15.8. The Morgan fingerprint density at radius 2 is 2.25 bits per heavy atom. The molecule has 0 radical (unpaired) electrons. The number of nitrogens with two attached hydrogens (primary N) is 1. The van der Waals surface area contributed by atoms with E-state index in [2.05, 4.69) is 6.07 Å². The van der Waals surface area contributed by atoms with E-state index in [4.69, 9.17) is 11.0 Å². The Morgan fingerprint density at radius 3 is 2.85 bits per heavy atom. The average molecular weight is 271 g/mol. The van der Waals surface area contributed by atoms with Gasteiger partial charge in [0.1, 0.15) is 0 Å². The van der Waals surface area contributed by atoms with E-state index in [0.717, 1.165) is 5.56 Å². The van der Waals surface area contributed by atoms with Gasteiger partial charge in [-0.3, -0.25) is 4.79 Å². The minimum absolute atomic E-state index is 0.0728. The third kappa shape index (κ3) is 5.57. The highest BCUT2D eigenvalue weighted by molar-refractivity contribution is 5.91. The van der Waals surface area contributed by atoms with Crippen LogP contribution in [-0.2, 0) is 4.79 Å². The first-order valence-corrected chi connectivity index (χ1v) is 6.72. The number of nitrogens with zero attached hydrogens (tertiary/aromatic N) is 2. The lowest BCUT2D eigenvalue weighted by atomic mass is 10.1. The Balaban J connectivity index is 2.72. The fourth-order valence-electron chi connectivity index (χ4n) is 1.85. The van der Waals surface area contributed by atoms with Gasteiger partial charge < -0.3 is 10.6 Å². The summed E-state index contributed by atoms with van der Waals surface area (Å²) in [6, 6.07) is 9.43. The van der Waals surface area contributed by atoms with Gasteiger partial charge in [0.15, 0.2) is 0 Å². The van der Waals surface area contributed by atoms with Crippen LogP contribution in [0.1, 0.15) is 25.8 Å². The van der Waals surface area contributed by atoms with Gasteiger partial charge in [-0.1, -0.05) is 26.0 Å². The smallest absolute Gasteiger partial charge is 0.246 e. The maximum Gasteiger partial charge on any atom is 0.246 e. The van der Waals surface area contributed by atoms with E-state index >= 15 is 0 Å². The molecule has 0 aliphatic heterocycles. The van der Waals surface area contributed by atoms with Crippen LogP contribution in [0.3, 0.4) is 0 Å². The molecule has 1 amide bonds. The number of hydrogen-bond acceptors (Lipinski definition) is 3. The van der Waals surface area contributed by atoms with Gasteiger partial charge in [-0.15, -0.1) is 0 Å². The van der Waals surface area contributed by atoms with Crippen molar-refractivity contribution < 1.29 is 4.79 Å². The van der Waals surface area contributed by atoms with E-state index in [-0.39, 0.29) is 5.91 Å². The van der Waals surface area contributed by atoms with Crippen molar-refractivity contribution in [2.75, 3.05) is 18.8 Å². The highest BCUT2D eigenvalue weighted by Gasteiger charge is 2.11. The molecule has 1 aromatic rings. The first-order valence-electron chi connectivity index (χ1n) is 6.72. The van der Waals surface area contributed by atoms with Gasteiger partial charge in [0.05, 0.1) is 12.5 Å². The molecule has 20 heavy (non-hydrogen) atoms. The highest BCUT2D eigenvalue weighted by atomic mass is 16.2. The van der Waals surface area contributed by atoms with Crippen LogP contribution in [-0.4, -0.2) is 23.9 Å². The Hall–Kier alpha value is -2.28. The number of rotatable bonds is 6. The fourth-order valence-corrected chi connectivity index (χ4v) is 1.85. The third-order valence-corrected chi connectivity index (χ3v) is 2.72. The second-order valence-corrected chi connectivity index (χ2v) is 5.09. The predicted octanol–water partition coefficient (Wildman–Crippen LogP) is 2.68. The zero-order valence-electron chi connectivity index (χ0n) is 12.0. The molecule has 0 bridgehead atoms. The molecule has 106 valence electrons. The number of benzene rings is 1. The number of nitrogen functional groups attached to an aromatic ring is 1. The van der Waals surface area contributed by atoms with Crippen LogP contribution in [0.25, 0.3) is 6.08 Å².